The van der Waals surface area contributed by atoms with Gasteiger partial charge in [-0.05, 0) is 38.0 Å². The Morgan fingerprint density at radius 3 is 2.61 bits per heavy atom. The van der Waals surface area contributed by atoms with Gasteiger partial charge in [-0.2, -0.15) is 18.3 Å². The van der Waals surface area contributed by atoms with Gasteiger partial charge in [0.25, 0.3) is 0 Å². The van der Waals surface area contributed by atoms with Gasteiger partial charge in [0.05, 0.1) is 13.2 Å². The van der Waals surface area contributed by atoms with Crippen LogP contribution in [0.3, 0.4) is 0 Å². The lowest BCUT2D eigenvalue weighted by Gasteiger charge is -2.22. The van der Waals surface area contributed by atoms with Crippen molar-refractivity contribution in [2.75, 3.05) is 13.1 Å². The number of halogens is 3. The number of alkyl halides is 3. The molecule has 0 radical (unpaired) electrons. The summed E-state index contributed by atoms with van der Waals surface area (Å²) in [5.74, 6) is 0.292. The molecular formula is C13H20F3N5OS. The number of nitrogens with zero attached hydrogens (tertiary/aromatic N) is 4. The molecule has 0 atom stereocenters. The third kappa shape index (κ3) is 5.03. The molecule has 0 saturated heterocycles. The van der Waals surface area contributed by atoms with Gasteiger partial charge < -0.3 is 5.73 Å². The molecule has 2 rings (SSSR count). The van der Waals surface area contributed by atoms with Crippen LogP contribution in [0, 0.1) is 4.77 Å². The summed E-state index contributed by atoms with van der Waals surface area (Å²) in [6.07, 6.45) is -1.83. The first-order valence-electron chi connectivity index (χ1n) is 7.46. The van der Waals surface area contributed by atoms with E-state index in [9.17, 15) is 18.0 Å². The molecule has 10 heteroatoms. The fourth-order valence-electron chi connectivity index (χ4n) is 2.46. The summed E-state index contributed by atoms with van der Waals surface area (Å²) in [6, 6.07) is 0. The Balaban J connectivity index is 2.24. The van der Waals surface area contributed by atoms with Crippen LogP contribution in [-0.2, 0) is 18.0 Å². The van der Waals surface area contributed by atoms with Crippen molar-refractivity contribution in [3.05, 3.63) is 10.6 Å². The highest BCUT2D eigenvalue weighted by Gasteiger charge is 2.33. The van der Waals surface area contributed by atoms with E-state index in [1.54, 1.807) is 0 Å². The van der Waals surface area contributed by atoms with Crippen molar-refractivity contribution in [2.45, 2.75) is 51.5 Å². The van der Waals surface area contributed by atoms with Gasteiger partial charge in [-0.25, -0.2) is 4.68 Å². The number of aromatic nitrogens is 3. The Hall–Kier alpha value is -1.42. The molecule has 1 aromatic rings. The SMILES string of the molecule is CCCN(Cn1nc(C2CC2)n(CC(N)=O)c1=S)CC(F)(F)F. The van der Waals surface area contributed by atoms with E-state index in [4.69, 9.17) is 18.0 Å². The first-order valence-corrected chi connectivity index (χ1v) is 7.87. The Bertz CT molecular complexity index is 620. The van der Waals surface area contributed by atoms with Crippen LogP contribution in [0.2, 0.25) is 0 Å². The lowest BCUT2D eigenvalue weighted by molar-refractivity contribution is -0.149. The van der Waals surface area contributed by atoms with E-state index < -0.39 is 18.6 Å². The number of rotatable bonds is 8. The average Bonchev–Trinajstić information content (AvgIpc) is 3.19. The molecule has 0 aromatic carbocycles. The van der Waals surface area contributed by atoms with Crippen molar-refractivity contribution < 1.29 is 18.0 Å². The summed E-state index contributed by atoms with van der Waals surface area (Å²) >= 11 is 5.27. The molecule has 0 spiro atoms. The molecule has 1 aliphatic rings. The minimum atomic E-state index is -4.29. The van der Waals surface area contributed by atoms with Gasteiger partial charge in [0.2, 0.25) is 5.91 Å². The van der Waals surface area contributed by atoms with Crippen LogP contribution in [0.25, 0.3) is 0 Å². The fraction of sp³-hybridized carbons (Fsp3) is 0.769. The van der Waals surface area contributed by atoms with E-state index >= 15 is 0 Å². The van der Waals surface area contributed by atoms with E-state index in [0.29, 0.717) is 12.2 Å². The fourth-order valence-corrected chi connectivity index (χ4v) is 2.71. The first kappa shape index (κ1) is 17.9. The van der Waals surface area contributed by atoms with Crippen molar-refractivity contribution >= 4 is 18.1 Å². The second-order valence-electron chi connectivity index (χ2n) is 5.78. The van der Waals surface area contributed by atoms with Crippen molar-refractivity contribution in [1.82, 2.24) is 19.2 Å². The van der Waals surface area contributed by atoms with E-state index in [1.165, 1.54) is 14.1 Å². The number of carbonyl (C=O) groups is 1. The predicted octanol–water partition coefficient (Wildman–Crippen LogP) is 2.01. The molecule has 130 valence electrons. The van der Waals surface area contributed by atoms with Crippen LogP contribution in [0.5, 0.6) is 0 Å². The lowest BCUT2D eigenvalue weighted by Crippen LogP contribution is -2.36. The second-order valence-corrected chi connectivity index (χ2v) is 6.14. The van der Waals surface area contributed by atoms with Crippen LogP contribution in [0.1, 0.15) is 37.9 Å². The van der Waals surface area contributed by atoms with Gasteiger partial charge in [0.1, 0.15) is 12.4 Å². The first-order chi connectivity index (χ1) is 10.7. The summed E-state index contributed by atoms with van der Waals surface area (Å²) in [7, 11) is 0. The summed E-state index contributed by atoms with van der Waals surface area (Å²) in [5, 5.41) is 4.34. The summed E-state index contributed by atoms with van der Waals surface area (Å²) in [6.45, 7) is 0.909. The largest absolute Gasteiger partial charge is 0.401 e. The minimum Gasteiger partial charge on any atom is -0.368 e. The average molecular weight is 351 g/mol. The minimum absolute atomic E-state index is 0.0579. The van der Waals surface area contributed by atoms with E-state index in [1.807, 2.05) is 6.92 Å². The Morgan fingerprint density at radius 1 is 1.48 bits per heavy atom. The van der Waals surface area contributed by atoms with Crippen LogP contribution in [0.15, 0.2) is 0 Å². The van der Waals surface area contributed by atoms with Crippen LogP contribution >= 0.6 is 12.2 Å². The number of hydrogen-bond acceptors (Lipinski definition) is 4. The summed E-state index contributed by atoms with van der Waals surface area (Å²) in [5.41, 5.74) is 5.22. The van der Waals surface area contributed by atoms with Gasteiger partial charge in [-0.15, -0.1) is 0 Å². The molecule has 1 aliphatic carbocycles. The molecule has 0 bridgehead atoms. The maximum absolute atomic E-state index is 12.7. The Morgan fingerprint density at radius 2 is 2.13 bits per heavy atom. The molecule has 1 heterocycles. The molecule has 2 N–H and O–H groups in total. The molecule has 23 heavy (non-hydrogen) atoms. The highest BCUT2D eigenvalue weighted by molar-refractivity contribution is 7.71. The van der Waals surface area contributed by atoms with Gasteiger partial charge in [0, 0.05) is 5.92 Å². The highest BCUT2D eigenvalue weighted by atomic mass is 32.1. The van der Waals surface area contributed by atoms with E-state index in [2.05, 4.69) is 5.10 Å². The van der Waals surface area contributed by atoms with Crippen molar-refractivity contribution in [1.29, 1.82) is 0 Å². The molecular weight excluding hydrogens is 331 g/mol. The number of carbonyl (C=O) groups excluding carboxylic acids is 1. The molecule has 0 unspecified atom stereocenters. The Kier molecular flexibility index (Phi) is 5.45. The molecule has 1 saturated carbocycles. The second kappa shape index (κ2) is 7.00. The third-order valence-electron chi connectivity index (χ3n) is 3.48. The number of primary amides is 1. The quantitative estimate of drug-likeness (QED) is 0.728. The van der Waals surface area contributed by atoms with E-state index in [-0.39, 0.29) is 30.4 Å². The van der Waals surface area contributed by atoms with Crippen molar-refractivity contribution in [3.63, 3.8) is 0 Å². The van der Waals surface area contributed by atoms with Gasteiger partial charge in [-0.1, -0.05) is 6.92 Å². The predicted molar refractivity (Wildman–Crippen MR) is 80.1 cm³/mol. The van der Waals surface area contributed by atoms with Crippen LogP contribution in [0.4, 0.5) is 13.2 Å². The lowest BCUT2D eigenvalue weighted by atomic mass is 10.4. The van der Waals surface area contributed by atoms with E-state index in [0.717, 1.165) is 12.8 Å². The third-order valence-corrected chi connectivity index (χ3v) is 3.92. The smallest absolute Gasteiger partial charge is 0.368 e. The van der Waals surface area contributed by atoms with Crippen molar-refractivity contribution in [3.8, 4) is 0 Å². The van der Waals surface area contributed by atoms with Crippen LogP contribution in [-0.4, -0.2) is 44.4 Å². The molecule has 0 aliphatic heterocycles. The van der Waals surface area contributed by atoms with Crippen LogP contribution < -0.4 is 5.73 Å². The normalized spacial score (nSPS) is 15.3. The van der Waals surface area contributed by atoms with Gasteiger partial charge in [0.15, 0.2) is 4.77 Å². The molecule has 1 amide bonds. The number of hydrogen-bond donors (Lipinski definition) is 1. The zero-order valence-corrected chi connectivity index (χ0v) is 13.7. The maximum atomic E-state index is 12.7. The topological polar surface area (TPSA) is 69.1 Å². The zero-order valence-electron chi connectivity index (χ0n) is 12.8. The van der Waals surface area contributed by atoms with Crippen molar-refractivity contribution in [2.24, 2.45) is 5.73 Å². The van der Waals surface area contributed by atoms with Gasteiger partial charge in [-0.3, -0.25) is 14.3 Å². The number of amides is 1. The standard InChI is InChI=1S/C13H20F3N5OS/c1-2-5-19(7-13(14,15)16)8-21-12(23)20(6-10(17)22)11(18-21)9-3-4-9/h9H,2-8H2,1H3,(H2,17,22). The monoisotopic (exact) mass is 351 g/mol. The number of nitrogens with two attached hydrogens (primary N) is 1. The highest BCUT2D eigenvalue weighted by Crippen LogP contribution is 2.39. The Labute approximate surface area is 137 Å². The molecule has 6 nitrogen and oxygen atoms in total. The molecule has 1 aromatic heterocycles. The zero-order chi connectivity index (χ0) is 17.2. The maximum Gasteiger partial charge on any atom is 0.401 e. The van der Waals surface area contributed by atoms with Gasteiger partial charge >= 0.3 is 6.18 Å². The summed E-state index contributed by atoms with van der Waals surface area (Å²) < 4.78 is 41.1. The molecule has 1 fully saturated rings. The summed E-state index contributed by atoms with van der Waals surface area (Å²) in [4.78, 5) is 12.4.